The Labute approximate surface area is 144 Å². The van der Waals surface area contributed by atoms with Crippen molar-refractivity contribution in [2.24, 2.45) is 11.7 Å². The van der Waals surface area contributed by atoms with Crippen LogP contribution in [0.1, 0.15) is 57.8 Å². The summed E-state index contributed by atoms with van der Waals surface area (Å²) in [6, 6.07) is -0.0770. The number of nitrogens with zero attached hydrogens (tertiary/aromatic N) is 1. The van der Waals surface area contributed by atoms with Gasteiger partial charge in [-0.25, -0.2) is 0 Å². The van der Waals surface area contributed by atoms with Crippen molar-refractivity contribution in [1.29, 1.82) is 0 Å². The summed E-state index contributed by atoms with van der Waals surface area (Å²) in [6.07, 6.45) is 8.85. The standard InChI is InChI=1S/C18H31N3O3/c19-17(23)14-5-1-2-6-15(14)20-16(22)13-18(7-3-4-8-18)21-9-11-24-12-10-21/h14-15H,1-13H2,(H2,19,23)(H,20,22)/t14-,15+/m0/s1. The molecule has 6 nitrogen and oxygen atoms in total. The van der Waals surface area contributed by atoms with E-state index in [1.54, 1.807) is 0 Å². The van der Waals surface area contributed by atoms with Crippen molar-refractivity contribution in [1.82, 2.24) is 10.2 Å². The third kappa shape index (κ3) is 3.91. The molecule has 0 radical (unpaired) electrons. The molecule has 0 aromatic rings. The zero-order chi connectivity index (χ0) is 17.0. The number of morpholine rings is 1. The van der Waals surface area contributed by atoms with Gasteiger partial charge in [0.05, 0.1) is 19.1 Å². The highest BCUT2D eigenvalue weighted by Gasteiger charge is 2.42. The van der Waals surface area contributed by atoms with Gasteiger partial charge in [-0.15, -0.1) is 0 Å². The monoisotopic (exact) mass is 337 g/mol. The van der Waals surface area contributed by atoms with Gasteiger partial charge in [-0.3, -0.25) is 14.5 Å². The van der Waals surface area contributed by atoms with E-state index in [4.69, 9.17) is 10.5 Å². The third-order valence-electron chi connectivity index (χ3n) is 6.18. The Balaban J connectivity index is 1.62. The molecule has 1 aliphatic heterocycles. The summed E-state index contributed by atoms with van der Waals surface area (Å²) in [6.45, 7) is 3.35. The van der Waals surface area contributed by atoms with Gasteiger partial charge in [0.25, 0.3) is 0 Å². The number of carbonyl (C=O) groups excluding carboxylic acids is 2. The van der Waals surface area contributed by atoms with Crippen molar-refractivity contribution in [3.63, 3.8) is 0 Å². The summed E-state index contributed by atoms with van der Waals surface area (Å²) in [4.78, 5) is 26.9. The van der Waals surface area contributed by atoms with Crippen molar-refractivity contribution >= 4 is 11.8 Å². The first-order chi connectivity index (χ1) is 11.6. The Bertz CT molecular complexity index is 456. The summed E-state index contributed by atoms with van der Waals surface area (Å²) >= 11 is 0. The molecular weight excluding hydrogens is 306 g/mol. The topological polar surface area (TPSA) is 84.7 Å². The lowest BCUT2D eigenvalue weighted by Gasteiger charge is -2.43. The molecular formula is C18H31N3O3. The van der Waals surface area contributed by atoms with E-state index < -0.39 is 0 Å². The van der Waals surface area contributed by atoms with Crippen LogP contribution in [-0.2, 0) is 14.3 Å². The molecule has 3 aliphatic rings. The van der Waals surface area contributed by atoms with E-state index in [0.717, 1.165) is 64.8 Å². The highest BCUT2D eigenvalue weighted by atomic mass is 16.5. The Morgan fingerprint density at radius 1 is 1.08 bits per heavy atom. The number of nitrogens with two attached hydrogens (primary N) is 1. The number of nitrogens with one attached hydrogen (secondary N) is 1. The predicted molar refractivity (Wildman–Crippen MR) is 91.3 cm³/mol. The molecule has 3 fully saturated rings. The molecule has 0 aromatic heterocycles. The van der Waals surface area contributed by atoms with Crippen LogP contribution in [0.5, 0.6) is 0 Å². The van der Waals surface area contributed by atoms with E-state index in [1.807, 2.05) is 0 Å². The predicted octanol–water partition coefficient (Wildman–Crippen LogP) is 1.18. The van der Waals surface area contributed by atoms with Crippen molar-refractivity contribution in [3.8, 4) is 0 Å². The van der Waals surface area contributed by atoms with Gasteiger partial charge in [0.15, 0.2) is 0 Å². The van der Waals surface area contributed by atoms with Gasteiger partial charge in [0.2, 0.25) is 11.8 Å². The van der Waals surface area contributed by atoms with Crippen LogP contribution in [0.2, 0.25) is 0 Å². The fourth-order valence-electron chi connectivity index (χ4n) is 4.88. The smallest absolute Gasteiger partial charge is 0.222 e. The second kappa shape index (κ2) is 7.83. The van der Waals surface area contributed by atoms with Crippen LogP contribution in [0.25, 0.3) is 0 Å². The maximum Gasteiger partial charge on any atom is 0.222 e. The lowest BCUT2D eigenvalue weighted by molar-refractivity contribution is -0.128. The third-order valence-corrected chi connectivity index (χ3v) is 6.18. The molecule has 2 aliphatic carbocycles. The lowest BCUT2D eigenvalue weighted by atomic mass is 9.83. The van der Waals surface area contributed by atoms with Crippen LogP contribution < -0.4 is 11.1 Å². The molecule has 3 rings (SSSR count). The summed E-state index contributed by atoms with van der Waals surface area (Å²) in [5.74, 6) is -0.393. The molecule has 2 saturated carbocycles. The minimum Gasteiger partial charge on any atom is -0.379 e. The number of amides is 2. The first kappa shape index (κ1) is 17.7. The molecule has 3 N–H and O–H groups in total. The number of rotatable bonds is 5. The Kier molecular flexibility index (Phi) is 5.76. The molecule has 1 saturated heterocycles. The van der Waals surface area contributed by atoms with E-state index in [-0.39, 0.29) is 29.3 Å². The first-order valence-corrected chi connectivity index (χ1v) is 9.52. The van der Waals surface area contributed by atoms with E-state index in [9.17, 15) is 9.59 Å². The maximum atomic E-state index is 12.8. The van der Waals surface area contributed by atoms with Crippen LogP contribution in [0.4, 0.5) is 0 Å². The summed E-state index contributed by atoms with van der Waals surface area (Å²) in [5.41, 5.74) is 5.52. The van der Waals surface area contributed by atoms with Crippen LogP contribution >= 0.6 is 0 Å². The van der Waals surface area contributed by atoms with Gasteiger partial charge >= 0.3 is 0 Å². The number of hydrogen-bond donors (Lipinski definition) is 2. The SMILES string of the molecule is NC(=O)[C@H]1CCCC[C@H]1NC(=O)CC1(N2CCOCC2)CCCC1. The molecule has 6 heteroatoms. The van der Waals surface area contributed by atoms with Gasteiger partial charge in [0.1, 0.15) is 0 Å². The molecule has 0 unspecified atom stereocenters. The van der Waals surface area contributed by atoms with Crippen LogP contribution in [0.3, 0.4) is 0 Å². The van der Waals surface area contributed by atoms with E-state index in [2.05, 4.69) is 10.2 Å². The molecule has 2 amide bonds. The fourth-order valence-corrected chi connectivity index (χ4v) is 4.88. The molecule has 0 aromatic carbocycles. The van der Waals surface area contributed by atoms with Gasteiger partial charge in [-0.1, -0.05) is 25.7 Å². The number of primary amides is 1. The molecule has 2 atom stereocenters. The van der Waals surface area contributed by atoms with E-state index in [0.29, 0.717) is 6.42 Å². The Morgan fingerprint density at radius 2 is 1.75 bits per heavy atom. The van der Waals surface area contributed by atoms with Gasteiger partial charge in [0, 0.05) is 31.1 Å². The van der Waals surface area contributed by atoms with Crippen LogP contribution in [0.15, 0.2) is 0 Å². The second-order valence-electron chi connectivity index (χ2n) is 7.67. The first-order valence-electron chi connectivity index (χ1n) is 9.52. The average molecular weight is 337 g/mol. The van der Waals surface area contributed by atoms with Crippen LogP contribution in [-0.4, -0.2) is 54.6 Å². The van der Waals surface area contributed by atoms with Crippen molar-refractivity contribution in [3.05, 3.63) is 0 Å². The normalized spacial score (nSPS) is 30.8. The summed E-state index contributed by atoms with van der Waals surface area (Å²) in [7, 11) is 0. The van der Waals surface area contributed by atoms with Crippen molar-refractivity contribution in [2.75, 3.05) is 26.3 Å². The fraction of sp³-hybridized carbons (Fsp3) is 0.889. The van der Waals surface area contributed by atoms with Gasteiger partial charge in [-0.2, -0.15) is 0 Å². The van der Waals surface area contributed by atoms with E-state index >= 15 is 0 Å². The zero-order valence-corrected chi connectivity index (χ0v) is 14.6. The van der Waals surface area contributed by atoms with Crippen molar-refractivity contribution < 1.29 is 14.3 Å². The van der Waals surface area contributed by atoms with E-state index in [1.165, 1.54) is 12.8 Å². The highest BCUT2D eigenvalue weighted by molar-refractivity contribution is 5.81. The van der Waals surface area contributed by atoms with Crippen molar-refractivity contribution in [2.45, 2.75) is 69.4 Å². The molecule has 0 bridgehead atoms. The number of hydrogen-bond acceptors (Lipinski definition) is 4. The minimum atomic E-state index is -0.274. The quantitative estimate of drug-likeness (QED) is 0.789. The molecule has 1 heterocycles. The summed E-state index contributed by atoms with van der Waals surface area (Å²) in [5, 5.41) is 3.14. The molecule has 136 valence electrons. The minimum absolute atomic E-state index is 0.00918. The highest BCUT2D eigenvalue weighted by Crippen LogP contribution is 2.38. The Morgan fingerprint density at radius 3 is 2.42 bits per heavy atom. The molecule has 0 spiro atoms. The number of ether oxygens (including phenoxy) is 1. The lowest BCUT2D eigenvalue weighted by Crippen LogP contribution is -2.55. The largest absolute Gasteiger partial charge is 0.379 e. The summed E-state index contributed by atoms with van der Waals surface area (Å²) < 4.78 is 5.48. The maximum absolute atomic E-state index is 12.8. The second-order valence-corrected chi connectivity index (χ2v) is 7.67. The van der Waals surface area contributed by atoms with Gasteiger partial charge < -0.3 is 15.8 Å². The zero-order valence-electron chi connectivity index (χ0n) is 14.6. The average Bonchev–Trinajstić information content (AvgIpc) is 3.05. The Hall–Kier alpha value is -1.14. The van der Waals surface area contributed by atoms with Gasteiger partial charge in [-0.05, 0) is 25.7 Å². The molecule has 24 heavy (non-hydrogen) atoms. The van der Waals surface area contributed by atoms with Crippen LogP contribution in [0, 0.1) is 5.92 Å². The number of carbonyl (C=O) groups is 2.